The largest absolute Gasteiger partial charge is 0.271 e. The van der Waals surface area contributed by atoms with Crippen molar-refractivity contribution in [2.75, 3.05) is 0 Å². The molecule has 2 heterocycles. The topological polar surface area (TPSA) is 68.8 Å². The van der Waals surface area contributed by atoms with E-state index in [1.54, 1.807) is 11.3 Å². The van der Waals surface area contributed by atoms with Crippen molar-refractivity contribution in [3.8, 4) is 0 Å². The number of rotatable bonds is 6. The molecule has 1 atom stereocenters. The van der Waals surface area contributed by atoms with Gasteiger partial charge in [-0.05, 0) is 25.8 Å². The molecular formula is C15H23N5S. The summed E-state index contributed by atoms with van der Waals surface area (Å²) < 4.78 is 2.14. The maximum absolute atomic E-state index is 5.70. The van der Waals surface area contributed by atoms with Gasteiger partial charge < -0.3 is 0 Å². The normalized spacial score (nSPS) is 17.4. The van der Waals surface area contributed by atoms with Gasteiger partial charge >= 0.3 is 0 Å². The van der Waals surface area contributed by atoms with Crippen LogP contribution in [0.4, 0.5) is 0 Å². The molecule has 0 radical (unpaired) electrons. The van der Waals surface area contributed by atoms with Crippen LogP contribution in [0.25, 0.3) is 0 Å². The lowest BCUT2D eigenvalue weighted by Gasteiger charge is -2.13. The lowest BCUT2D eigenvalue weighted by molar-refractivity contribution is 0.455. The van der Waals surface area contributed by atoms with Crippen LogP contribution in [0.1, 0.15) is 48.1 Å². The molecule has 0 amide bonds. The average molecular weight is 305 g/mol. The Labute approximate surface area is 129 Å². The minimum absolute atomic E-state index is 0.183. The van der Waals surface area contributed by atoms with Gasteiger partial charge in [-0.15, -0.1) is 11.3 Å². The van der Waals surface area contributed by atoms with Crippen LogP contribution in [-0.4, -0.2) is 20.8 Å². The standard InChI is InChI=1S/C15H23N5S/c1-11-10-21-15(17-11)9-13(18-16)8-12-6-7-20(19-12)14-4-2-3-5-14/h6-7,10,13-14,18H,2-5,8-9,16H2,1H3. The first-order valence-electron chi connectivity index (χ1n) is 7.66. The third-order valence-electron chi connectivity index (χ3n) is 4.14. The van der Waals surface area contributed by atoms with Crippen molar-refractivity contribution in [3.05, 3.63) is 34.0 Å². The molecule has 3 rings (SSSR count). The number of nitrogens with one attached hydrogen (secondary N) is 1. The molecule has 1 aliphatic carbocycles. The van der Waals surface area contributed by atoms with Crippen LogP contribution in [0.2, 0.25) is 0 Å². The number of aryl methyl sites for hydroxylation is 1. The minimum atomic E-state index is 0.183. The van der Waals surface area contributed by atoms with Crippen LogP contribution in [0, 0.1) is 6.92 Å². The number of nitrogens with two attached hydrogens (primary N) is 1. The van der Waals surface area contributed by atoms with Gasteiger partial charge in [0.2, 0.25) is 0 Å². The molecule has 5 nitrogen and oxygen atoms in total. The van der Waals surface area contributed by atoms with E-state index >= 15 is 0 Å². The third-order valence-corrected chi connectivity index (χ3v) is 5.13. The summed E-state index contributed by atoms with van der Waals surface area (Å²) in [5.74, 6) is 5.70. The van der Waals surface area contributed by atoms with E-state index < -0.39 is 0 Å². The predicted molar refractivity (Wildman–Crippen MR) is 85.1 cm³/mol. The fourth-order valence-corrected chi connectivity index (χ4v) is 3.86. The Balaban J connectivity index is 1.61. The summed E-state index contributed by atoms with van der Waals surface area (Å²) >= 11 is 1.70. The molecule has 0 bridgehead atoms. The first kappa shape index (κ1) is 14.7. The molecule has 2 aromatic rings. The van der Waals surface area contributed by atoms with Crippen LogP contribution in [0.5, 0.6) is 0 Å². The second kappa shape index (κ2) is 6.68. The van der Waals surface area contributed by atoms with Crippen LogP contribution < -0.4 is 11.3 Å². The van der Waals surface area contributed by atoms with E-state index in [1.165, 1.54) is 25.7 Å². The summed E-state index contributed by atoms with van der Waals surface area (Å²) in [6.07, 6.45) is 9.00. The van der Waals surface area contributed by atoms with E-state index in [2.05, 4.69) is 32.7 Å². The highest BCUT2D eigenvalue weighted by molar-refractivity contribution is 7.09. The lowest BCUT2D eigenvalue weighted by atomic mass is 10.1. The molecule has 0 spiro atoms. The summed E-state index contributed by atoms with van der Waals surface area (Å²) in [4.78, 5) is 4.51. The van der Waals surface area contributed by atoms with Gasteiger partial charge in [-0.3, -0.25) is 16.0 Å². The summed E-state index contributed by atoms with van der Waals surface area (Å²) in [5, 5.41) is 7.94. The Hall–Kier alpha value is -1.24. The molecule has 1 fully saturated rings. The van der Waals surface area contributed by atoms with E-state index in [0.29, 0.717) is 6.04 Å². The second-order valence-electron chi connectivity index (χ2n) is 5.88. The van der Waals surface area contributed by atoms with Crippen LogP contribution >= 0.6 is 11.3 Å². The van der Waals surface area contributed by atoms with E-state index in [4.69, 9.17) is 10.9 Å². The molecule has 1 unspecified atom stereocenters. The number of aromatic nitrogens is 3. The van der Waals surface area contributed by atoms with Gasteiger partial charge in [0.25, 0.3) is 0 Å². The quantitative estimate of drug-likeness (QED) is 0.635. The highest BCUT2D eigenvalue weighted by Gasteiger charge is 2.18. The maximum Gasteiger partial charge on any atom is 0.0944 e. The molecular weight excluding hydrogens is 282 g/mol. The number of hydrogen-bond donors (Lipinski definition) is 2. The molecule has 2 aromatic heterocycles. The van der Waals surface area contributed by atoms with Crippen LogP contribution in [0.15, 0.2) is 17.6 Å². The SMILES string of the molecule is Cc1csc(CC(Cc2ccn(C3CCCC3)n2)NN)n1. The smallest absolute Gasteiger partial charge is 0.0944 e. The summed E-state index contributed by atoms with van der Waals surface area (Å²) in [5.41, 5.74) is 5.09. The van der Waals surface area contributed by atoms with E-state index in [9.17, 15) is 0 Å². The van der Waals surface area contributed by atoms with E-state index in [-0.39, 0.29) is 6.04 Å². The first-order valence-corrected chi connectivity index (χ1v) is 8.53. The molecule has 114 valence electrons. The maximum atomic E-state index is 5.70. The van der Waals surface area contributed by atoms with Crippen molar-refractivity contribution in [1.82, 2.24) is 20.2 Å². The Bertz CT molecular complexity index is 570. The summed E-state index contributed by atoms with van der Waals surface area (Å²) in [6.45, 7) is 2.02. The Morgan fingerprint density at radius 1 is 1.43 bits per heavy atom. The number of hydrazine groups is 1. The fourth-order valence-electron chi connectivity index (χ4n) is 3.01. The van der Waals surface area contributed by atoms with Gasteiger partial charge in [-0.25, -0.2) is 4.98 Å². The highest BCUT2D eigenvalue weighted by Crippen LogP contribution is 2.28. The molecule has 0 aromatic carbocycles. The molecule has 0 saturated heterocycles. The van der Waals surface area contributed by atoms with Gasteiger partial charge in [-0.2, -0.15) is 5.10 Å². The van der Waals surface area contributed by atoms with Crippen molar-refractivity contribution in [2.45, 2.75) is 57.5 Å². The lowest BCUT2D eigenvalue weighted by Crippen LogP contribution is -2.38. The van der Waals surface area contributed by atoms with Crippen LogP contribution in [0.3, 0.4) is 0 Å². The predicted octanol–water partition coefficient (Wildman–Crippen LogP) is 2.38. The molecule has 1 aliphatic rings. The zero-order valence-corrected chi connectivity index (χ0v) is 13.3. The van der Waals surface area contributed by atoms with Crippen molar-refractivity contribution >= 4 is 11.3 Å². The van der Waals surface area contributed by atoms with E-state index in [1.807, 2.05) is 6.92 Å². The molecule has 21 heavy (non-hydrogen) atoms. The van der Waals surface area contributed by atoms with Crippen molar-refractivity contribution < 1.29 is 0 Å². The zero-order valence-electron chi connectivity index (χ0n) is 12.5. The summed E-state index contributed by atoms with van der Waals surface area (Å²) in [7, 11) is 0. The Morgan fingerprint density at radius 3 is 2.90 bits per heavy atom. The fraction of sp³-hybridized carbons (Fsp3) is 0.600. The zero-order chi connectivity index (χ0) is 14.7. The first-order chi connectivity index (χ1) is 10.2. The molecule has 3 N–H and O–H groups in total. The van der Waals surface area contributed by atoms with E-state index in [0.717, 1.165) is 29.2 Å². The third kappa shape index (κ3) is 3.70. The molecule has 1 saturated carbocycles. The number of nitrogens with zero attached hydrogens (tertiary/aromatic N) is 3. The molecule has 0 aliphatic heterocycles. The Kier molecular flexibility index (Phi) is 4.67. The second-order valence-corrected chi connectivity index (χ2v) is 6.82. The summed E-state index contributed by atoms with van der Waals surface area (Å²) in [6, 6.07) is 2.91. The molecule has 6 heteroatoms. The van der Waals surface area contributed by atoms with Crippen molar-refractivity contribution in [3.63, 3.8) is 0 Å². The van der Waals surface area contributed by atoms with Crippen LogP contribution in [-0.2, 0) is 12.8 Å². The average Bonchev–Trinajstić information content (AvgIpc) is 3.19. The van der Waals surface area contributed by atoms with Gasteiger partial charge in [-0.1, -0.05) is 12.8 Å². The minimum Gasteiger partial charge on any atom is -0.271 e. The number of hydrogen-bond acceptors (Lipinski definition) is 5. The van der Waals surface area contributed by atoms with Crippen molar-refractivity contribution in [2.24, 2.45) is 5.84 Å². The highest BCUT2D eigenvalue weighted by atomic mass is 32.1. The van der Waals surface area contributed by atoms with Gasteiger partial charge in [0.1, 0.15) is 0 Å². The van der Waals surface area contributed by atoms with Gasteiger partial charge in [0.05, 0.1) is 16.7 Å². The van der Waals surface area contributed by atoms with Gasteiger partial charge in [0.15, 0.2) is 0 Å². The van der Waals surface area contributed by atoms with Gasteiger partial charge in [0, 0.05) is 36.2 Å². The monoisotopic (exact) mass is 305 g/mol. The number of thiazole rings is 1. The Morgan fingerprint density at radius 2 is 2.24 bits per heavy atom. The van der Waals surface area contributed by atoms with Crippen molar-refractivity contribution in [1.29, 1.82) is 0 Å².